The Balaban J connectivity index is 1.71. The number of aromatic nitrogens is 1. The van der Waals surface area contributed by atoms with Gasteiger partial charge in [-0.3, -0.25) is 33.8 Å². The van der Waals surface area contributed by atoms with E-state index in [4.69, 9.17) is 28.7 Å². The molecule has 3 aromatic carbocycles. The smallest absolute Gasteiger partial charge is 0.328 e. The molecule has 22 heteroatoms. The molecule has 0 aliphatic rings. The van der Waals surface area contributed by atoms with Gasteiger partial charge in [-0.05, 0) is 81.3 Å². The van der Waals surface area contributed by atoms with E-state index < -0.39 is 89.8 Å². The zero-order valence-electron chi connectivity index (χ0n) is 39.9. The molecule has 22 nitrogen and oxygen atoms in total. The maximum atomic E-state index is 14.8. The van der Waals surface area contributed by atoms with Crippen LogP contribution in [0.5, 0.6) is 0 Å². The van der Waals surface area contributed by atoms with E-state index >= 15 is 0 Å². The number of carbonyl (C=O) groups excluding carboxylic acids is 6. The Morgan fingerprint density at radius 3 is 1.55 bits per heavy atom. The lowest BCUT2D eigenvalue weighted by Gasteiger charge is -2.28. The highest BCUT2D eigenvalue weighted by atomic mass is 16.4. The van der Waals surface area contributed by atoms with Gasteiger partial charge in [0.15, 0.2) is 12.0 Å². The molecule has 0 saturated carbocycles. The number of guanidine groups is 1. The van der Waals surface area contributed by atoms with Gasteiger partial charge in [-0.25, -0.2) is 4.79 Å². The largest absolute Gasteiger partial charge is 0.480 e. The van der Waals surface area contributed by atoms with Crippen LogP contribution in [0.15, 0.2) is 96.1 Å². The molecule has 8 atom stereocenters. The first-order valence-corrected chi connectivity index (χ1v) is 23.6. The lowest BCUT2D eigenvalue weighted by molar-refractivity contribution is -0.145. The lowest BCUT2D eigenvalue weighted by atomic mass is 10.00. The topological polar surface area (TPSA) is 390 Å². The number of rotatable bonds is 30. The van der Waals surface area contributed by atoms with Gasteiger partial charge in [-0.1, -0.05) is 78.9 Å². The predicted octanol–water partition coefficient (Wildman–Crippen LogP) is -1.57. The lowest BCUT2D eigenvalue weighted by Crippen LogP contribution is -2.61. The second-order valence-electron chi connectivity index (χ2n) is 17.2. The molecule has 0 radical (unpaired) electrons. The minimum atomic E-state index is -1.68. The fraction of sp³-hybridized carbons (Fsp3) is 0.429. The Kier molecular flexibility index (Phi) is 22.9. The average molecular weight is 984 g/mol. The van der Waals surface area contributed by atoms with E-state index in [2.05, 4.69) is 41.9 Å². The number of para-hydroxylation sites is 1. The van der Waals surface area contributed by atoms with Crippen LogP contribution in [-0.4, -0.2) is 131 Å². The van der Waals surface area contributed by atoms with Crippen molar-refractivity contribution < 1.29 is 43.8 Å². The minimum absolute atomic E-state index is 0.0389. The summed E-state index contributed by atoms with van der Waals surface area (Å²) >= 11 is 0. The molecule has 6 amide bonds. The first-order chi connectivity index (χ1) is 34.0. The number of carboxylic acid groups (broad SMARTS) is 1. The van der Waals surface area contributed by atoms with E-state index in [1.54, 1.807) is 66.9 Å². The standard InChI is InChI=1S/C49H69N13O9/c1-29(63)41(48(70)71)62-44(66)36(19-10-11-22-50)58-47(69)40(27-32-28-56-35-18-9-8-17-33(32)35)61-46(68)39(26-31-15-6-3-7-16-31)60-45(67)38(25-30-13-4-2-5-14-30)59-43(65)37(20-12-24-55-49(53)54)57-42(64)34(52)21-23-51/h2-9,13-18,28-29,34,36-41,56,63H,10-12,19-27,50-52H2,1H3,(H,57,64)(H,58,69)(H,59,65)(H,60,67)(H,61,68)(H,62,66)(H,70,71)(H4,53,54,55)/t29-,34-,36+,37+,38+,39+,40-,41+/m1/s1. The van der Waals surface area contributed by atoms with Gasteiger partial charge in [-0.15, -0.1) is 0 Å². The number of fused-ring (bicyclic) bond motifs is 1. The molecular weight excluding hydrogens is 915 g/mol. The Morgan fingerprint density at radius 2 is 1.04 bits per heavy atom. The number of aliphatic hydroxyl groups is 1. The zero-order chi connectivity index (χ0) is 51.9. The number of benzene rings is 3. The quantitative estimate of drug-likeness (QED) is 0.0160. The second-order valence-corrected chi connectivity index (χ2v) is 17.2. The summed E-state index contributed by atoms with van der Waals surface area (Å²) in [6.45, 7) is 1.73. The van der Waals surface area contributed by atoms with Gasteiger partial charge in [0.05, 0.1) is 12.1 Å². The molecule has 4 aromatic rings. The van der Waals surface area contributed by atoms with E-state index in [0.717, 1.165) is 10.9 Å². The van der Waals surface area contributed by atoms with Crippen LogP contribution in [0.3, 0.4) is 0 Å². The summed E-state index contributed by atoms with van der Waals surface area (Å²) in [5, 5.41) is 36.6. The molecule has 4 rings (SSSR count). The second kappa shape index (κ2) is 28.9. The number of H-pyrrole nitrogens is 1. The highest BCUT2D eigenvalue weighted by Gasteiger charge is 2.35. The van der Waals surface area contributed by atoms with Crippen LogP contribution in [0.2, 0.25) is 0 Å². The molecule has 384 valence electrons. The van der Waals surface area contributed by atoms with Gasteiger partial charge >= 0.3 is 5.97 Å². The van der Waals surface area contributed by atoms with Gasteiger partial charge in [-0.2, -0.15) is 0 Å². The summed E-state index contributed by atoms with van der Waals surface area (Å²) in [5.41, 5.74) is 31.0. The van der Waals surface area contributed by atoms with Crippen molar-refractivity contribution in [3.8, 4) is 0 Å². The number of hydrogen-bond donors (Lipinski definition) is 14. The van der Waals surface area contributed by atoms with Gasteiger partial charge in [0.2, 0.25) is 35.4 Å². The average Bonchev–Trinajstić information content (AvgIpc) is 3.75. The van der Waals surface area contributed by atoms with Crippen molar-refractivity contribution >= 4 is 58.3 Å². The van der Waals surface area contributed by atoms with Crippen molar-refractivity contribution in [2.24, 2.45) is 33.7 Å². The normalized spacial score (nSPS) is 14.5. The monoisotopic (exact) mass is 984 g/mol. The maximum absolute atomic E-state index is 14.8. The van der Waals surface area contributed by atoms with Crippen molar-refractivity contribution in [3.05, 3.63) is 108 Å². The number of aliphatic hydroxyl groups excluding tert-OH is 1. The minimum Gasteiger partial charge on any atom is -0.480 e. The van der Waals surface area contributed by atoms with Gasteiger partial charge < -0.3 is 75.8 Å². The van der Waals surface area contributed by atoms with Crippen molar-refractivity contribution in [1.29, 1.82) is 0 Å². The number of aliphatic imine (C=N–C) groups is 1. The van der Waals surface area contributed by atoms with E-state index in [9.17, 15) is 43.8 Å². The summed E-state index contributed by atoms with van der Waals surface area (Å²) < 4.78 is 0. The highest BCUT2D eigenvalue weighted by molar-refractivity contribution is 5.98. The fourth-order valence-corrected chi connectivity index (χ4v) is 7.70. The van der Waals surface area contributed by atoms with Crippen molar-refractivity contribution in [2.75, 3.05) is 19.6 Å². The third-order valence-corrected chi connectivity index (χ3v) is 11.6. The molecule has 1 aromatic heterocycles. The van der Waals surface area contributed by atoms with Crippen LogP contribution in [-0.2, 0) is 52.8 Å². The van der Waals surface area contributed by atoms with Crippen LogP contribution in [0.25, 0.3) is 10.9 Å². The molecule has 0 saturated heterocycles. The number of nitrogens with zero attached hydrogens (tertiary/aromatic N) is 1. The van der Waals surface area contributed by atoms with Crippen LogP contribution in [0.1, 0.15) is 62.1 Å². The van der Waals surface area contributed by atoms with Gasteiger partial charge in [0.25, 0.3) is 0 Å². The number of unbranched alkanes of at least 4 members (excludes halogenated alkanes) is 1. The number of aliphatic carboxylic acids is 1. The number of carbonyl (C=O) groups is 7. The molecular formula is C49H69N13O9. The molecule has 0 spiro atoms. The first-order valence-electron chi connectivity index (χ1n) is 23.6. The molecule has 19 N–H and O–H groups in total. The third-order valence-electron chi connectivity index (χ3n) is 11.6. The molecule has 0 unspecified atom stereocenters. The van der Waals surface area contributed by atoms with Crippen LogP contribution in [0.4, 0.5) is 0 Å². The Morgan fingerprint density at radius 1 is 0.577 bits per heavy atom. The Labute approximate surface area is 412 Å². The number of nitrogens with two attached hydrogens (primary N) is 5. The highest BCUT2D eigenvalue weighted by Crippen LogP contribution is 2.20. The van der Waals surface area contributed by atoms with Gasteiger partial charge in [0, 0.05) is 42.9 Å². The molecule has 0 fully saturated rings. The molecule has 0 aliphatic carbocycles. The number of nitrogens with one attached hydrogen (secondary N) is 7. The van der Waals surface area contributed by atoms with E-state index in [-0.39, 0.29) is 70.5 Å². The van der Waals surface area contributed by atoms with E-state index in [0.29, 0.717) is 29.5 Å². The molecule has 0 bridgehead atoms. The third kappa shape index (κ3) is 18.5. The summed E-state index contributed by atoms with van der Waals surface area (Å²) in [4.78, 5) is 104. The van der Waals surface area contributed by atoms with E-state index in [1.165, 1.54) is 6.92 Å². The molecule has 1 heterocycles. The van der Waals surface area contributed by atoms with Crippen molar-refractivity contribution in [3.63, 3.8) is 0 Å². The predicted molar refractivity (Wildman–Crippen MR) is 268 cm³/mol. The number of carboxylic acids is 1. The molecule has 0 aliphatic heterocycles. The summed E-state index contributed by atoms with van der Waals surface area (Å²) in [7, 11) is 0. The zero-order valence-corrected chi connectivity index (χ0v) is 39.9. The Hall–Kier alpha value is -7.40. The van der Waals surface area contributed by atoms with Crippen LogP contribution in [0, 0.1) is 0 Å². The Bertz CT molecular complexity index is 2400. The first kappa shape index (κ1) is 56.2. The fourth-order valence-electron chi connectivity index (χ4n) is 7.70. The van der Waals surface area contributed by atoms with Crippen LogP contribution >= 0.6 is 0 Å². The SMILES string of the molecule is C[C@@H](O)[C@H](NC(=O)[C@H](CCCCN)NC(=O)[C@@H](Cc1c[nH]c2ccccc12)NC(=O)[C@H](Cc1ccccc1)NC(=O)[C@H](Cc1ccccc1)NC(=O)[C@H](CCCN=C(N)N)NC(=O)[C@H](N)CCN)C(=O)O. The van der Waals surface area contributed by atoms with Gasteiger partial charge in [0.1, 0.15) is 30.2 Å². The van der Waals surface area contributed by atoms with Crippen LogP contribution < -0.4 is 60.6 Å². The number of hydrogen-bond acceptors (Lipinski definition) is 12. The number of aromatic amines is 1. The van der Waals surface area contributed by atoms with Crippen molar-refractivity contribution in [1.82, 2.24) is 36.9 Å². The summed E-state index contributed by atoms with van der Waals surface area (Å²) in [5.74, 6) is -6.27. The van der Waals surface area contributed by atoms with Crippen molar-refractivity contribution in [2.45, 2.75) is 113 Å². The maximum Gasteiger partial charge on any atom is 0.328 e. The van der Waals surface area contributed by atoms with E-state index in [1.807, 2.05) is 24.3 Å². The summed E-state index contributed by atoms with van der Waals surface area (Å²) in [6.07, 6.45) is 1.31. The molecule has 71 heavy (non-hydrogen) atoms. The number of amides is 6. The summed E-state index contributed by atoms with van der Waals surface area (Å²) in [6, 6.07) is 15.6.